The Bertz CT molecular complexity index is 819. The summed E-state index contributed by atoms with van der Waals surface area (Å²) in [7, 11) is 0. The molecule has 3 rings (SSSR count). The number of para-hydroxylation sites is 1. The average Bonchev–Trinajstić information content (AvgIpc) is 2.48. The summed E-state index contributed by atoms with van der Waals surface area (Å²) >= 11 is 2.13. The van der Waals surface area contributed by atoms with Gasteiger partial charge in [0.1, 0.15) is 5.75 Å². The predicted molar refractivity (Wildman–Crippen MR) is 83.8 cm³/mol. The van der Waals surface area contributed by atoms with Gasteiger partial charge in [-0.05, 0) is 59.0 Å². The summed E-state index contributed by atoms with van der Waals surface area (Å²) in [6.07, 6.45) is -4.63. The standard InChI is InChI=1S/C15H8F3IN2O/c16-15(17,18)14-20-12-4-2-1-3-11(12)13(21-14)22-10-7-5-9(19)6-8-10/h1-8H. The molecule has 3 aromatic rings. The largest absolute Gasteiger partial charge is 0.451 e. The highest BCUT2D eigenvalue weighted by atomic mass is 127. The summed E-state index contributed by atoms with van der Waals surface area (Å²) in [5.41, 5.74) is 0.185. The summed E-state index contributed by atoms with van der Waals surface area (Å²) in [4.78, 5) is 7.08. The van der Waals surface area contributed by atoms with Gasteiger partial charge < -0.3 is 4.74 Å². The summed E-state index contributed by atoms with van der Waals surface area (Å²) in [5.74, 6) is -0.914. The smallest absolute Gasteiger partial charge is 0.438 e. The van der Waals surface area contributed by atoms with Gasteiger partial charge in [-0.15, -0.1) is 0 Å². The fraction of sp³-hybridized carbons (Fsp3) is 0.0667. The lowest BCUT2D eigenvalue weighted by molar-refractivity contribution is -0.144. The molecule has 0 aliphatic rings. The van der Waals surface area contributed by atoms with Crippen LogP contribution < -0.4 is 4.74 Å². The molecule has 112 valence electrons. The van der Waals surface area contributed by atoms with Crippen molar-refractivity contribution in [2.24, 2.45) is 0 Å². The van der Waals surface area contributed by atoms with Crippen LogP contribution in [-0.4, -0.2) is 9.97 Å². The van der Waals surface area contributed by atoms with Gasteiger partial charge in [0.2, 0.25) is 11.7 Å². The molecule has 0 fully saturated rings. The van der Waals surface area contributed by atoms with E-state index in [-0.39, 0.29) is 11.4 Å². The number of nitrogens with zero attached hydrogens (tertiary/aromatic N) is 2. The van der Waals surface area contributed by atoms with Gasteiger partial charge >= 0.3 is 6.18 Å². The molecule has 1 heterocycles. The number of fused-ring (bicyclic) bond motifs is 1. The lowest BCUT2D eigenvalue weighted by atomic mass is 10.2. The molecule has 0 amide bonds. The van der Waals surface area contributed by atoms with Crippen molar-refractivity contribution in [3.63, 3.8) is 0 Å². The van der Waals surface area contributed by atoms with Gasteiger partial charge in [0.05, 0.1) is 10.9 Å². The number of hydrogen-bond acceptors (Lipinski definition) is 3. The van der Waals surface area contributed by atoms with Gasteiger partial charge in [0.15, 0.2) is 0 Å². The van der Waals surface area contributed by atoms with Crippen molar-refractivity contribution in [2.75, 3.05) is 0 Å². The first-order chi connectivity index (χ1) is 10.4. The first-order valence-corrected chi connectivity index (χ1v) is 7.29. The zero-order valence-corrected chi connectivity index (χ0v) is 13.1. The molecule has 0 saturated carbocycles. The molecule has 0 N–H and O–H groups in total. The van der Waals surface area contributed by atoms with Crippen LogP contribution in [0.1, 0.15) is 5.82 Å². The fourth-order valence-corrected chi connectivity index (χ4v) is 2.23. The van der Waals surface area contributed by atoms with Gasteiger partial charge in [-0.1, -0.05) is 12.1 Å². The fourth-order valence-electron chi connectivity index (χ4n) is 1.87. The van der Waals surface area contributed by atoms with Crippen LogP contribution in [0.2, 0.25) is 0 Å². The third kappa shape index (κ3) is 3.13. The van der Waals surface area contributed by atoms with E-state index in [9.17, 15) is 13.2 Å². The predicted octanol–water partition coefficient (Wildman–Crippen LogP) is 5.05. The van der Waals surface area contributed by atoms with Crippen LogP contribution in [0.5, 0.6) is 11.6 Å². The minimum Gasteiger partial charge on any atom is -0.438 e. The van der Waals surface area contributed by atoms with E-state index in [1.807, 2.05) is 0 Å². The lowest BCUT2D eigenvalue weighted by Crippen LogP contribution is -2.11. The molecule has 7 heteroatoms. The van der Waals surface area contributed by atoms with Crippen molar-refractivity contribution in [3.05, 3.63) is 57.9 Å². The number of hydrogen-bond donors (Lipinski definition) is 0. The number of halogens is 4. The zero-order chi connectivity index (χ0) is 15.7. The summed E-state index contributed by atoms with van der Waals surface area (Å²) in [6.45, 7) is 0. The number of benzene rings is 2. The minimum absolute atomic E-state index is 0.112. The Kier molecular flexibility index (Phi) is 3.90. The molecule has 0 bridgehead atoms. The maximum Gasteiger partial charge on any atom is 0.451 e. The molecular weight excluding hydrogens is 408 g/mol. The van der Waals surface area contributed by atoms with Crippen molar-refractivity contribution in [3.8, 4) is 11.6 Å². The molecule has 0 spiro atoms. The third-order valence-electron chi connectivity index (χ3n) is 2.85. The summed E-state index contributed by atoms with van der Waals surface area (Å²) < 4.78 is 45.2. The second-order valence-electron chi connectivity index (χ2n) is 4.42. The Morgan fingerprint density at radius 1 is 0.909 bits per heavy atom. The molecule has 0 atom stereocenters. The number of alkyl halides is 3. The van der Waals surface area contributed by atoms with Crippen molar-refractivity contribution >= 4 is 33.5 Å². The van der Waals surface area contributed by atoms with Gasteiger partial charge in [-0.2, -0.15) is 18.2 Å². The second kappa shape index (κ2) is 5.71. The molecule has 2 aromatic carbocycles. The Labute approximate surface area is 137 Å². The van der Waals surface area contributed by atoms with Crippen LogP contribution in [0.15, 0.2) is 48.5 Å². The highest BCUT2D eigenvalue weighted by Gasteiger charge is 2.35. The quantitative estimate of drug-likeness (QED) is 0.549. The van der Waals surface area contributed by atoms with Crippen LogP contribution >= 0.6 is 22.6 Å². The van der Waals surface area contributed by atoms with Crippen molar-refractivity contribution in [2.45, 2.75) is 6.18 Å². The van der Waals surface area contributed by atoms with E-state index >= 15 is 0 Å². The third-order valence-corrected chi connectivity index (χ3v) is 3.57. The molecule has 22 heavy (non-hydrogen) atoms. The van der Waals surface area contributed by atoms with Crippen LogP contribution in [0.25, 0.3) is 10.9 Å². The SMILES string of the molecule is FC(F)(F)c1nc(Oc2ccc(I)cc2)c2ccccc2n1. The van der Waals surface area contributed by atoms with Crippen LogP contribution in [-0.2, 0) is 6.18 Å². The maximum atomic E-state index is 12.9. The lowest BCUT2D eigenvalue weighted by Gasteiger charge is -2.11. The molecule has 1 aromatic heterocycles. The van der Waals surface area contributed by atoms with E-state index in [4.69, 9.17) is 4.74 Å². The number of aromatic nitrogens is 2. The van der Waals surface area contributed by atoms with E-state index in [0.29, 0.717) is 11.1 Å². The van der Waals surface area contributed by atoms with E-state index in [1.54, 1.807) is 42.5 Å². The van der Waals surface area contributed by atoms with E-state index < -0.39 is 12.0 Å². The van der Waals surface area contributed by atoms with Crippen LogP contribution in [0.4, 0.5) is 13.2 Å². The van der Waals surface area contributed by atoms with Crippen molar-refractivity contribution in [1.82, 2.24) is 9.97 Å². The first-order valence-electron chi connectivity index (χ1n) is 6.21. The van der Waals surface area contributed by atoms with Crippen molar-refractivity contribution in [1.29, 1.82) is 0 Å². The van der Waals surface area contributed by atoms with E-state index in [1.165, 1.54) is 6.07 Å². The molecule has 3 nitrogen and oxygen atoms in total. The van der Waals surface area contributed by atoms with Crippen LogP contribution in [0, 0.1) is 3.57 Å². The van der Waals surface area contributed by atoms with E-state index in [0.717, 1.165) is 3.57 Å². The van der Waals surface area contributed by atoms with Gasteiger partial charge in [-0.3, -0.25) is 0 Å². The van der Waals surface area contributed by atoms with Gasteiger partial charge in [0, 0.05) is 3.57 Å². The summed E-state index contributed by atoms with van der Waals surface area (Å²) in [5, 5.41) is 0.425. The van der Waals surface area contributed by atoms with Gasteiger partial charge in [0.25, 0.3) is 0 Å². The number of ether oxygens (including phenoxy) is 1. The van der Waals surface area contributed by atoms with E-state index in [2.05, 4.69) is 32.6 Å². The Morgan fingerprint density at radius 2 is 1.59 bits per heavy atom. The average molecular weight is 416 g/mol. The molecular formula is C15H8F3IN2O. The highest BCUT2D eigenvalue weighted by Crippen LogP contribution is 2.33. The highest BCUT2D eigenvalue weighted by molar-refractivity contribution is 14.1. The second-order valence-corrected chi connectivity index (χ2v) is 5.67. The van der Waals surface area contributed by atoms with Gasteiger partial charge in [-0.25, -0.2) is 4.98 Å². The first kappa shape index (κ1) is 15.0. The number of rotatable bonds is 2. The molecule has 0 aliphatic heterocycles. The molecule has 0 aliphatic carbocycles. The Morgan fingerprint density at radius 3 is 2.27 bits per heavy atom. The molecule has 0 radical (unpaired) electrons. The topological polar surface area (TPSA) is 35.0 Å². The maximum absolute atomic E-state index is 12.9. The zero-order valence-electron chi connectivity index (χ0n) is 10.9. The Balaban J connectivity index is 2.12. The molecule has 0 saturated heterocycles. The van der Waals surface area contributed by atoms with Crippen LogP contribution in [0.3, 0.4) is 0 Å². The molecule has 0 unspecified atom stereocenters. The van der Waals surface area contributed by atoms with Crippen molar-refractivity contribution < 1.29 is 17.9 Å². The normalized spacial score (nSPS) is 11.6. The monoisotopic (exact) mass is 416 g/mol. The minimum atomic E-state index is -4.63. The Hall–Kier alpha value is -1.90. The summed E-state index contributed by atoms with van der Waals surface area (Å²) in [6, 6.07) is 13.4.